The fourth-order valence-electron chi connectivity index (χ4n) is 3.92. The van der Waals surface area contributed by atoms with Gasteiger partial charge in [0, 0.05) is 44.5 Å². The first-order valence-corrected chi connectivity index (χ1v) is 11.6. The standard InChI is InChI=1S/C25H27N7O3/c1-14(2)32-13-17(16-5-6-16)11-20(24(32)34)29-25-28-19-7-8-22(30-23(19)31(25)4)35-18-9-10-26-21(12-18)27-15(3)33/h7-14,16H,5-6H2,1-4H3,(H,28,29)(H,26,27,33). The number of hydrogen-bond donors (Lipinski definition) is 2. The van der Waals surface area contributed by atoms with Gasteiger partial charge in [-0.15, -0.1) is 0 Å². The minimum Gasteiger partial charge on any atom is -0.439 e. The van der Waals surface area contributed by atoms with Gasteiger partial charge >= 0.3 is 0 Å². The summed E-state index contributed by atoms with van der Waals surface area (Å²) in [5.41, 5.74) is 2.85. The van der Waals surface area contributed by atoms with Crippen LogP contribution < -0.4 is 20.9 Å². The van der Waals surface area contributed by atoms with Gasteiger partial charge in [0.2, 0.25) is 17.7 Å². The average Bonchev–Trinajstić information content (AvgIpc) is 3.61. The van der Waals surface area contributed by atoms with Gasteiger partial charge in [0.05, 0.1) is 0 Å². The van der Waals surface area contributed by atoms with Gasteiger partial charge in [-0.2, -0.15) is 4.98 Å². The van der Waals surface area contributed by atoms with Crippen LogP contribution in [0, 0.1) is 0 Å². The van der Waals surface area contributed by atoms with Gasteiger partial charge < -0.3 is 19.9 Å². The van der Waals surface area contributed by atoms with E-state index in [-0.39, 0.29) is 17.5 Å². The van der Waals surface area contributed by atoms with Crippen LogP contribution in [-0.2, 0) is 11.8 Å². The van der Waals surface area contributed by atoms with E-state index in [0.29, 0.717) is 46.2 Å². The van der Waals surface area contributed by atoms with Crippen molar-refractivity contribution in [2.24, 2.45) is 7.05 Å². The third-order valence-electron chi connectivity index (χ3n) is 5.86. The molecule has 1 saturated carbocycles. The summed E-state index contributed by atoms with van der Waals surface area (Å²) in [4.78, 5) is 37.7. The zero-order valence-corrected chi connectivity index (χ0v) is 20.1. The van der Waals surface area contributed by atoms with E-state index >= 15 is 0 Å². The van der Waals surface area contributed by atoms with Gasteiger partial charge in [-0.25, -0.2) is 9.97 Å². The average molecular weight is 474 g/mol. The molecule has 10 nitrogen and oxygen atoms in total. The van der Waals surface area contributed by atoms with Crippen LogP contribution in [0.25, 0.3) is 11.2 Å². The van der Waals surface area contributed by atoms with Crippen LogP contribution in [0.5, 0.6) is 11.6 Å². The molecule has 0 aliphatic heterocycles. The molecule has 0 aromatic carbocycles. The van der Waals surface area contributed by atoms with Gasteiger partial charge in [0.15, 0.2) is 5.65 Å². The molecule has 35 heavy (non-hydrogen) atoms. The topological polar surface area (TPSA) is 116 Å². The monoisotopic (exact) mass is 473 g/mol. The summed E-state index contributed by atoms with van der Waals surface area (Å²) >= 11 is 0. The molecular weight excluding hydrogens is 446 g/mol. The molecule has 4 aromatic heterocycles. The number of aromatic nitrogens is 5. The number of carbonyl (C=O) groups is 1. The zero-order chi connectivity index (χ0) is 24.7. The number of carbonyl (C=O) groups excluding carboxylic acids is 1. The Kier molecular flexibility index (Phi) is 5.72. The van der Waals surface area contributed by atoms with Crippen molar-refractivity contribution in [2.75, 3.05) is 10.6 Å². The maximum atomic E-state index is 13.1. The molecule has 2 N–H and O–H groups in total. The Morgan fingerprint density at radius 1 is 1.17 bits per heavy atom. The lowest BCUT2D eigenvalue weighted by Gasteiger charge is -2.15. The van der Waals surface area contributed by atoms with E-state index in [2.05, 4.69) is 25.6 Å². The Morgan fingerprint density at radius 3 is 2.69 bits per heavy atom. The maximum absolute atomic E-state index is 13.1. The Hall–Kier alpha value is -4.21. The van der Waals surface area contributed by atoms with Crippen molar-refractivity contribution in [3.8, 4) is 11.6 Å². The van der Waals surface area contributed by atoms with E-state index < -0.39 is 0 Å². The van der Waals surface area contributed by atoms with Gasteiger partial charge in [0.25, 0.3) is 5.56 Å². The van der Waals surface area contributed by atoms with Crippen LogP contribution >= 0.6 is 0 Å². The number of hydrogen-bond acceptors (Lipinski definition) is 7. The highest BCUT2D eigenvalue weighted by atomic mass is 16.5. The second-order valence-corrected chi connectivity index (χ2v) is 9.04. The van der Waals surface area contributed by atoms with Gasteiger partial charge in [-0.1, -0.05) is 0 Å². The van der Waals surface area contributed by atoms with E-state index in [9.17, 15) is 9.59 Å². The predicted octanol–water partition coefficient (Wildman–Crippen LogP) is 4.48. The summed E-state index contributed by atoms with van der Waals surface area (Å²) < 4.78 is 9.45. The first kappa shape index (κ1) is 22.6. The summed E-state index contributed by atoms with van der Waals surface area (Å²) in [6, 6.07) is 8.83. The van der Waals surface area contributed by atoms with Crippen LogP contribution in [0.3, 0.4) is 0 Å². The van der Waals surface area contributed by atoms with Crippen molar-refractivity contribution in [2.45, 2.75) is 45.6 Å². The number of nitrogens with one attached hydrogen (secondary N) is 2. The lowest BCUT2D eigenvalue weighted by atomic mass is 10.1. The summed E-state index contributed by atoms with van der Waals surface area (Å²) in [6.45, 7) is 5.42. The maximum Gasteiger partial charge on any atom is 0.274 e. The summed E-state index contributed by atoms with van der Waals surface area (Å²) in [5.74, 6) is 2.06. The Bertz CT molecular complexity index is 1480. The number of aryl methyl sites for hydroxylation is 1. The molecule has 1 aliphatic rings. The quantitative estimate of drug-likeness (QED) is 0.407. The molecule has 0 saturated heterocycles. The first-order chi connectivity index (χ1) is 16.8. The number of amides is 1. The minimum absolute atomic E-state index is 0.0583. The van der Waals surface area contributed by atoms with Crippen LogP contribution in [0.15, 0.2) is 47.5 Å². The number of anilines is 3. The molecule has 0 bridgehead atoms. The molecule has 180 valence electrons. The largest absolute Gasteiger partial charge is 0.439 e. The van der Waals surface area contributed by atoms with E-state index in [1.165, 1.54) is 12.5 Å². The second kappa shape index (κ2) is 8.86. The van der Waals surface area contributed by atoms with Crippen molar-refractivity contribution in [3.63, 3.8) is 0 Å². The predicted molar refractivity (Wildman–Crippen MR) is 133 cm³/mol. The van der Waals surface area contributed by atoms with Crippen LogP contribution in [-0.4, -0.2) is 30.0 Å². The van der Waals surface area contributed by atoms with E-state index in [1.54, 1.807) is 33.5 Å². The summed E-state index contributed by atoms with van der Waals surface area (Å²) in [5, 5.41) is 5.86. The zero-order valence-electron chi connectivity index (χ0n) is 20.1. The fourth-order valence-corrected chi connectivity index (χ4v) is 3.92. The molecule has 10 heteroatoms. The lowest BCUT2D eigenvalue weighted by molar-refractivity contribution is -0.114. The number of nitrogens with zero attached hydrogens (tertiary/aromatic N) is 5. The molecule has 0 radical (unpaired) electrons. The first-order valence-electron chi connectivity index (χ1n) is 11.6. The highest BCUT2D eigenvalue weighted by Crippen LogP contribution is 2.40. The van der Waals surface area contributed by atoms with Crippen LogP contribution in [0.2, 0.25) is 0 Å². The van der Waals surface area contributed by atoms with Crippen LogP contribution in [0.4, 0.5) is 17.5 Å². The van der Waals surface area contributed by atoms with E-state index in [4.69, 9.17) is 4.74 Å². The van der Waals surface area contributed by atoms with Crippen molar-refractivity contribution < 1.29 is 9.53 Å². The smallest absolute Gasteiger partial charge is 0.274 e. The van der Waals surface area contributed by atoms with Gasteiger partial charge in [0.1, 0.15) is 22.8 Å². The summed E-state index contributed by atoms with van der Waals surface area (Å²) in [7, 11) is 1.83. The van der Waals surface area contributed by atoms with E-state index in [0.717, 1.165) is 12.8 Å². The third-order valence-corrected chi connectivity index (χ3v) is 5.86. The van der Waals surface area contributed by atoms with Crippen molar-refractivity contribution in [1.82, 2.24) is 24.1 Å². The number of imidazole rings is 1. The highest BCUT2D eigenvalue weighted by Gasteiger charge is 2.26. The molecule has 1 amide bonds. The number of fused-ring (bicyclic) bond motifs is 1. The lowest BCUT2D eigenvalue weighted by Crippen LogP contribution is -2.24. The van der Waals surface area contributed by atoms with Crippen molar-refractivity contribution in [1.29, 1.82) is 0 Å². The molecule has 0 spiro atoms. The third kappa shape index (κ3) is 4.72. The number of rotatable bonds is 7. The normalized spacial score (nSPS) is 13.3. The van der Waals surface area contributed by atoms with Crippen molar-refractivity contribution >= 4 is 34.5 Å². The van der Waals surface area contributed by atoms with Crippen molar-refractivity contribution in [3.05, 3.63) is 58.6 Å². The second-order valence-electron chi connectivity index (χ2n) is 9.04. The summed E-state index contributed by atoms with van der Waals surface area (Å²) in [6.07, 6.45) is 5.83. The Balaban J connectivity index is 1.44. The molecule has 4 heterocycles. The molecule has 0 unspecified atom stereocenters. The molecule has 0 atom stereocenters. The Labute approximate surface area is 202 Å². The number of pyridine rings is 3. The molecule has 5 rings (SSSR count). The SMILES string of the molecule is CC(=O)Nc1cc(Oc2ccc3nc(Nc4cc(C5CC5)cn(C(C)C)c4=O)n(C)c3n2)ccn1. The Morgan fingerprint density at radius 2 is 1.97 bits per heavy atom. The molecule has 1 fully saturated rings. The van der Waals surface area contributed by atoms with Gasteiger partial charge in [-0.05, 0) is 56.4 Å². The van der Waals surface area contributed by atoms with Gasteiger partial charge in [-0.3, -0.25) is 14.2 Å². The molecule has 4 aromatic rings. The number of ether oxygens (including phenoxy) is 1. The molecule has 1 aliphatic carbocycles. The molecular formula is C25H27N7O3. The fraction of sp³-hybridized carbons (Fsp3) is 0.320. The minimum atomic E-state index is -0.216. The highest BCUT2D eigenvalue weighted by molar-refractivity contribution is 5.87. The van der Waals surface area contributed by atoms with Crippen LogP contribution in [0.1, 0.15) is 51.1 Å². The van der Waals surface area contributed by atoms with E-state index in [1.807, 2.05) is 39.2 Å².